The molecule has 0 amide bonds. The van der Waals surface area contributed by atoms with Crippen LogP contribution in [-0.2, 0) is 6.54 Å². The van der Waals surface area contributed by atoms with Crippen molar-refractivity contribution in [2.75, 3.05) is 20.1 Å². The first kappa shape index (κ1) is 17.3. The Balaban J connectivity index is 0.00000176. The SMILES string of the molecule is CN=C(NCc1ccsc1)N1CCC(c2ccccc2)C1.I. The number of hydrogen-bond donors (Lipinski definition) is 1. The number of halogens is 1. The third-order valence-electron chi connectivity index (χ3n) is 4.00. The second-order valence-electron chi connectivity index (χ2n) is 5.37. The first-order valence-corrected chi connectivity index (χ1v) is 8.32. The average molecular weight is 427 g/mol. The van der Waals surface area contributed by atoms with Crippen molar-refractivity contribution in [3.05, 3.63) is 58.3 Å². The summed E-state index contributed by atoms with van der Waals surface area (Å²) in [5.41, 5.74) is 2.76. The van der Waals surface area contributed by atoms with Crippen LogP contribution in [0.25, 0.3) is 0 Å². The minimum Gasteiger partial charge on any atom is -0.352 e. The Labute approximate surface area is 153 Å². The van der Waals surface area contributed by atoms with Crippen LogP contribution in [0.4, 0.5) is 0 Å². The highest BCUT2D eigenvalue weighted by Crippen LogP contribution is 2.26. The molecule has 1 fully saturated rings. The van der Waals surface area contributed by atoms with E-state index in [1.54, 1.807) is 11.3 Å². The summed E-state index contributed by atoms with van der Waals surface area (Å²) in [5.74, 6) is 1.63. The van der Waals surface area contributed by atoms with Gasteiger partial charge in [-0.15, -0.1) is 24.0 Å². The van der Waals surface area contributed by atoms with Crippen molar-refractivity contribution in [1.82, 2.24) is 10.2 Å². The lowest BCUT2D eigenvalue weighted by Gasteiger charge is -2.21. The molecule has 2 heterocycles. The van der Waals surface area contributed by atoms with Gasteiger partial charge in [0.05, 0.1) is 0 Å². The van der Waals surface area contributed by atoms with Gasteiger partial charge in [-0.05, 0) is 34.4 Å². The van der Waals surface area contributed by atoms with Crippen LogP contribution < -0.4 is 5.32 Å². The van der Waals surface area contributed by atoms with Crippen molar-refractivity contribution in [2.24, 2.45) is 4.99 Å². The standard InChI is InChI=1S/C17H21N3S.HI/c1-18-17(19-11-14-8-10-21-13-14)20-9-7-16(12-20)15-5-3-2-4-6-15;/h2-6,8,10,13,16H,7,9,11-12H2,1H3,(H,18,19);1H. The number of hydrogen-bond acceptors (Lipinski definition) is 2. The predicted molar refractivity (Wildman–Crippen MR) is 105 cm³/mol. The summed E-state index contributed by atoms with van der Waals surface area (Å²) < 4.78 is 0. The van der Waals surface area contributed by atoms with Crippen molar-refractivity contribution in [2.45, 2.75) is 18.9 Å². The Hall–Kier alpha value is -1.08. The molecule has 1 aromatic carbocycles. The highest BCUT2D eigenvalue weighted by molar-refractivity contribution is 14.0. The van der Waals surface area contributed by atoms with Crippen LogP contribution in [0.2, 0.25) is 0 Å². The topological polar surface area (TPSA) is 27.6 Å². The van der Waals surface area contributed by atoms with E-state index in [1.165, 1.54) is 17.5 Å². The van der Waals surface area contributed by atoms with Crippen LogP contribution in [0, 0.1) is 0 Å². The molecule has 1 atom stereocenters. The lowest BCUT2D eigenvalue weighted by Crippen LogP contribution is -2.39. The molecule has 5 heteroatoms. The van der Waals surface area contributed by atoms with Crippen molar-refractivity contribution < 1.29 is 0 Å². The fourth-order valence-corrected chi connectivity index (χ4v) is 3.53. The molecule has 3 nitrogen and oxygen atoms in total. The lowest BCUT2D eigenvalue weighted by molar-refractivity contribution is 0.486. The zero-order valence-electron chi connectivity index (χ0n) is 12.7. The molecule has 118 valence electrons. The van der Waals surface area contributed by atoms with E-state index in [2.05, 4.69) is 62.4 Å². The molecule has 1 aliphatic rings. The molecular weight excluding hydrogens is 405 g/mol. The fraction of sp³-hybridized carbons (Fsp3) is 0.353. The monoisotopic (exact) mass is 427 g/mol. The molecule has 1 aromatic heterocycles. The molecule has 1 aliphatic heterocycles. The number of thiophene rings is 1. The van der Waals surface area contributed by atoms with Crippen LogP contribution >= 0.6 is 35.3 Å². The molecule has 0 aliphatic carbocycles. The Kier molecular flexibility index (Phi) is 6.70. The second kappa shape index (κ2) is 8.53. The summed E-state index contributed by atoms with van der Waals surface area (Å²) in [5, 5.41) is 7.76. The largest absolute Gasteiger partial charge is 0.352 e. The maximum atomic E-state index is 4.43. The molecule has 0 saturated carbocycles. The van der Waals surface area contributed by atoms with Gasteiger partial charge in [0, 0.05) is 32.6 Å². The van der Waals surface area contributed by atoms with Gasteiger partial charge in [0.25, 0.3) is 0 Å². The molecular formula is C17H22IN3S. The van der Waals surface area contributed by atoms with Crippen molar-refractivity contribution in [3.63, 3.8) is 0 Å². The zero-order chi connectivity index (χ0) is 14.5. The third kappa shape index (κ3) is 4.23. The molecule has 0 bridgehead atoms. The Bertz CT molecular complexity index is 583. The molecule has 0 radical (unpaired) electrons. The van der Waals surface area contributed by atoms with Gasteiger partial charge in [0.15, 0.2) is 5.96 Å². The normalized spacial score (nSPS) is 18.1. The van der Waals surface area contributed by atoms with Gasteiger partial charge in [-0.2, -0.15) is 11.3 Å². The highest BCUT2D eigenvalue weighted by Gasteiger charge is 2.25. The minimum absolute atomic E-state index is 0. The molecule has 1 saturated heterocycles. The van der Waals surface area contributed by atoms with E-state index in [9.17, 15) is 0 Å². The first-order valence-electron chi connectivity index (χ1n) is 7.38. The summed E-state index contributed by atoms with van der Waals surface area (Å²) in [6.07, 6.45) is 1.20. The maximum Gasteiger partial charge on any atom is 0.193 e. The predicted octanol–water partition coefficient (Wildman–Crippen LogP) is 3.93. The molecule has 22 heavy (non-hydrogen) atoms. The second-order valence-corrected chi connectivity index (χ2v) is 6.15. The number of nitrogens with zero attached hydrogens (tertiary/aromatic N) is 2. The summed E-state index contributed by atoms with van der Waals surface area (Å²) in [4.78, 5) is 6.80. The summed E-state index contributed by atoms with van der Waals surface area (Å²) in [7, 11) is 1.87. The molecule has 1 unspecified atom stereocenters. The van der Waals surface area contributed by atoms with Crippen LogP contribution in [-0.4, -0.2) is 31.0 Å². The van der Waals surface area contributed by atoms with E-state index in [1.807, 2.05) is 7.05 Å². The van der Waals surface area contributed by atoms with Gasteiger partial charge in [-0.25, -0.2) is 0 Å². The van der Waals surface area contributed by atoms with Crippen molar-refractivity contribution in [1.29, 1.82) is 0 Å². The zero-order valence-corrected chi connectivity index (χ0v) is 15.9. The van der Waals surface area contributed by atoms with Crippen molar-refractivity contribution in [3.8, 4) is 0 Å². The Morgan fingerprint density at radius 2 is 2.14 bits per heavy atom. The summed E-state index contributed by atoms with van der Waals surface area (Å²) in [6, 6.07) is 13.0. The average Bonchev–Trinajstić information content (AvgIpc) is 3.20. The maximum absolute atomic E-state index is 4.43. The van der Waals surface area contributed by atoms with Crippen LogP contribution in [0.3, 0.4) is 0 Å². The van der Waals surface area contributed by atoms with Crippen LogP contribution in [0.1, 0.15) is 23.5 Å². The number of aliphatic imine (C=N–C) groups is 1. The smallest absolute Gasteiger partial charge is 0.193 e. The Morgan fingerprint density at radius 1 is 1.32 bits per heavy atom. The third-order valence-corrected chi connectivity index (χ3v) is 4.73. The van der Waals surface area contributed by atoms with Crippen LogP contribution in [0.5, 0.6) is 0 Å². The summed E-state index contributed by atoms with van der Waals surface area (Å²) >= 11 is 1.74. The van der Waals surface area contributed by atoms with Gasteiger partial charge in [0.1, 0.15) is 0 Å². The van der Waals surface area contributed by atoms with Gasteiger partial charge in [-0.1, -0.05) is 30.3 Å². The van der Waals surface area contributed by atoms with E-state index < -0.39 is 0 Å². The number of likely N-dealkylation sites (tertiary alicyclic amines) is 1. The van der Waals surface area contributed by atoms with E-state index >= 15 is 0 Å². The number of nitrogens with one attached hydrogen (secondary N) is 1. The van der Waals surface area contributed by atoms with Gasteiger partial charge in [-0.3, -0.25) is 4.99 Å². The molecule has 1 N–H and O–H groups in total. The molecule has 0 spiro atoms. The summed E-state index contributed by atoms with van der Waals surface area (Å²) in [6.45, 7) is 2.97. The van der Waals surface area contributed by atoms with Gasteiger partial charge >= 0.3 is 0 Å². The van der Waals surface area contributed by atoms with E-state index in [0.717, 1.165) is 25.6 Å². The highest BCUT2D eigenvalue weighted by atomic mass is 127. The quantitative estimate of drug-likeness (QED) is 0.457. The first-order chi connectivity index (χ1) is 10.4. The van der Waals surface area contributed by atoms with E-state index in [4.69, 9.17) is 0 Å². The number of rotatable bonds is 3. The van der Waals surface area contributed by atoms with E-state index in [-0.39, 0.29) is 24.0 Å². The van der Waals surface area contributed by atoms with E-state index in [0.29, 0.717) is 5.92 Å². The van der Waals surface area contributed by atoms with Crippen LogP contribution in [0.15, 0.2) is 52.2 Å². The fourth-order valence-electron chi connectivity index (χ4n) is 2.86. The Morgan fingerprint density at radius 3 is 2.82 bits per heavy atom. The van der Waals surface area contributed by atoms with Crippen molar-refractivity contribution >= 4 is 41.3 Å². The number of guanidine groups is 1. The molecule has 3 rings (SSSR count). The molecule has 2 aromatic rings. The van der Waals surface area contributed by atoms with Gasteiger partial charge < -0.3 is 10.2 Å². The van der Waals surface area contributed by atoms with Gasteiger partial charge in [0.2, 0.25) is 0 Å². The minimum atomic E-state index is 0. The lowest BCUT2D eigenvalue weighted by atomic mass is 9.99. The number of benzene rings is 1.